The zero-order valence-corrected chi connectivity index (χ0v) is 9.12. The van der Waals surface area contributed by atoms with E-state index in [9.17, 15) is 4.79 Å². The maximum Gasteiger partial charge on any atom is 0.332 e. The summed E-state index contributed by atoms with van der Waals surface area (Å²) in [4.78, 5) is 11.0. The summed E-state index contributed by atoms with van der Waals surface area (Å²) >= 11 is 0. The standard InChI is InChI=1S/C11H19NO2/c1-4-6-9(3)7-10(12)8-11(13)14-5-2/h4,6,8-9H,5,7,12H2,1-3H3/t9-/m1/s1. The van der Waals surface area contributed by atoms with E-state index in [-0.39, 0.29) is 5.97 Å². The highest BCUT2D eigenvalue weighted by molar-refractivity contribution is 5.82. The first-order valence-electron chi connectivity index (χ1n) is 4.85. The average molecular weight is 197 g/mol. The summed E-state index contributed by atoms with van der Waals surface area (Å²) in [5.41, 5.74) is 6.23. The van der Waals surface area contributed by atoms with Crippen LogP contribution in [0.2, 0.25) is 0 Å². The molecule has 0 heterocycles. The number of allylic oxidation sites excluding steroid dienone is 3. The second-order valence-electron chi connectivity index (χ2n) is 3.18. The average Bonchev–Trinajstić information content (AvgIpc) is 2.03. The van der Waals surface area contributed by atoms with Crippen LogP contribution >= 0.6 is 0 Å². The first kappa shape index (κ1) is 12.8. The van der Waals surface area contributed by atoms with Crippen molar-refractivity contribution in [2.45, 2.75) is 27.2 Å². The zero-order valence-electron chi connectivity index (χ0n) is 9.12. The van der Waals surface area contributed by atoms with Crippen molar-refractivity contribution in [3.05, 3.63) is 23.9 Å². The molecule has 0 aromatic carbocycles. The predicted molar refractivity (Wildman–Crippen MR) is 57.5 cm³/mol. The minimum Gasteiger partial charge on any atom is -0.463 e. The van der Waals surface area contributed by atoms with E-state index in [0.29, 0.717) is 24.6 Å². The Morgan fingerprint density at radius 1 is 1.57 bits per heavy atom. The van der Waals surface area contributed by atoms with Crippen molar-refractivity contribution in [1.29, 1.82) is 0 Å². The monoisotopic (exact) mass is 197 g/mol. The van der Waals surface area contributed by atoms with E-state index >= 15 is 0 Å². The molecule has 0 bridgehead atoms. The molecule has 0 unspecified atom stereocenters. The Hall–Kier alpha value is -1.25. The molecule has 0 amide bonds. The lowest BCUT2D eigenvalue weighted by Gasteiger charge is -2.05. The Balaban J connectivity index is 4.05. The smallest absolute Gasteiger partial charge is 0.332 e. The van der Waals surface area contributed by atoms with Crippen molar-refractivity contribution in [1.82, 2.24) is 0 Å². The molecule has 0 aromatic heterocycles. The van der Waals surface area contributed by atoms with Crippen LogP contribution < -0.4 is 5.73 Å². The van der Waals surface area contributed by atoms with Crippen LogP contribution in [-0.2, 0) is 9.53 Å². The predicted octanol–water partition coefficient (Wildman–Crippen LogP) is 1.99. The molecule has 1 atom stereocenters. The lowest BCUT2D eigenvalue weighted by Crippen LogP contribution is -2.08. The van der Waals surface area contributed by atoms with Gasteiger partial charge < -0.3 is 10.5 Å². The van der Waals surface area contributed by atoms with Crippen molar-refractivity contribution in [3.8, 4) is 0 Å². The largest absolute Gasteiger partial charge is 0.463 e. The molecule has 0 aliphatic heterocycles. The Morgan fingerprint density at radius 3 is 2.71 bits per heavy atom. The van der Waals surface area contributed by atoms with Gasteiger partial charge in [0.1, 0.15) is 0 Å². The van der Waals surface area contributed by atoms with E-state index in [4.69, 9.17) is 10.5 Å². The molecule has 3 nitrogen and oxygen atoms in total. The third-order valence-corrected chi connectivity index (χ3v) is 1.67. The Kier molecular flexibility index (Phi) is 6.54. The van der Waals surface area contributed by atoms with Crippen molar-refractivity contribution in [2.24, 2.45) is 11.7 Å². The van der Waals surface area contributed by atoms with Gasteiger partial charge in [0, 0.05) is 11.8 Å². The number of esters is 1. The van der Waals surface area contributed by atoms with E-state index in [2.05, 4.69) is 0 Å². The van der Waals surface area contributed by atoms with Gasteiger partial charge in [-0.15, -0.1) is 0 Å². The summed E-state index contributed by atoms with van der Waals surface area (Å²) in [5.74, 6) is -0.0108. The van der Waals surface area contributed by atoms with Crippen LogP contribution in [0.4, 0.5) is 0 Å². The van der Waals surface area contributed by atoms with Gasteiger partial charge >= 0.3 is 5.97 Å². The van der Waals surface area contributed by atoms with E-state index in [0.717, 1.165) is 0 Å². The van der Waals surface area contributed by atoms with Crippen molar-refractivity contribution < 1.29 is 9.53 Å². The zero-order chi connectivity index (χ0) is 11.0. The molecule has 0 spiro atoms. The third-order valence-electron chi connectivity index (χ3n) is 1.67. The molecule has 0 aliphatic rings. The Morgan fingerprint density at radius 2 is 2.21 bits per heavy atom. The second kappa shape index (κ2) is 7.18. The van der Waals surface area contributed by atoms with Gasteiger partial charge in [-0.25, -0.2) is 4.79 Å². The quantitative estimate of drug-likeness (QED) is 0.416. The molecular weight excluding hydrogens is 178 g/mol. The molecular formula is C11H19NO2. The first-order chi connectivity index (χ1) is 6.60. The van der Waals surface area contributed by atoms with E-state index < -0.39 is 0 Å². The maximum atomic E-state index is 11.0. The summed E-state index contributed by atoms with van der Waals surface area (Å²) in [6, 6.07) is 0. The molecule has 0 fully saturated rings. The number of carbonyl (C=O) groups excluding carboxylic acids is 1. The van der Waals surface area contributed by atoms with E-state index in [1.807, 2.05) is 26.0 Å². The number of rotatable bonds is 5. The molecule has 0 aromatic rings. The number of hydrogen-bond donors (Lipinski definition) is 1. The van der Waals surface area contributed by atoms with Crippen LogP contribution in [0.1, 0.15) is 27.2 Å². The molecule has 14 heavy (non-hydrogen) atoms. The maximum absolute atomic E-state index is 11.0. The van der Waals surface area contributed by atoms with Crippen molar-refractivity contribution in [3.63, 3.8) is 0 Å². The molecule has 0 saturated carbocycles. The normalized spacial score (nSPS) is 14.4. The summed E-state index contributed by atoms with van der Waals surface area (Å²) < 4.78 is 4.74. The Bertz CT molecular complexity index is 231. The molecule has 0 rings (SSSR count). The fourth-order valence-electron chi connectivity index (χ4n) is 1.16. The van der Waals surface area contributed by atoms with Crippen LogP contribution in [0.15, 0.2) is 23.9 Å². The molecule has 3 heteroatoms. The van der Waals surface area contributed by atoms with Crippen LogP contribution in [-0.4, -0.2) is 12.6 Å². The number of hydrogen-bond acceptors (Lipinski definition) is 3. The second-order valence-corrected chi connectivity index (χ2v) is 3.18. The van der Waals surface area contributed by atoms with E-state index in [1.165, 1.54) is 6.08 Å². The fourth-order valence-corrected chi connectivity index (χ4v) is 1.16. The fraction of sp³-hybridized carbons (Fsp3) is 0.545. The minimum absolute atomic E-state index is 0.352. The highest BCUT2D eigenvalue weighted by Crippen LogP contribution is 2.08. The topological polar surface area (TPSA) is 52.3 Å². The summed E-state index contributed by atoms with van der Waals surface area (Å²) in [7, 11) is 0. The van der Waals surface area contributed by atoms with Crippen molar-refractivity contribution in [2.75, 3.05) is 6.61 Å². The summed E-state index contributed by atoms with van der Waals surface area (Å²) in [6.45, 7) is 6.16. The van der Waals surface area contributed by atoms with Crippen LogP contribution in [0.3, 0.4) is 0 Å². The summed E-state index contributed by atoms with van der Waals surface area (Å²) in [5, 5.41) is 0. The lowest BCUT2D eigenvalue weighted by atomic mass is 10.1. The van der Waals surface area contributed by atoms with Crippen molar-refractivity contribution >= 4 is 5.97 Å². The van der Waals surface area contributed by atoms with Gasteiger partial charge in [0.25, 0.3) is 0 Å². The van der Waals surface area contributed by atoms with Crippen LogP contribution in [0.25, 0.3) is 0 Å². The number of carbonyl (C=O) groups is 1. The van der Waals surface area contributed by atoms with Gasteiger partial charge in [0.2, 0.25) is 0 Å². The molecule has 0 radical (unpaired) electrons. The number of ether oxygens (including phenoxy) is 1. The number of nitrogens with two attached hydrogens (primary N) is 1. The highest BCUT2D eigenvalue weighted by Gasteiger charge is 2.02. The molecule has 0 saturated heterocycles. The third kappa shape index (κ3) is 6.29. The SMILES string of the molecule is CC=C[C@@H](C)CC(N)=CC(=O)OCC. The van der Waals surface area contributed by atoms with E-state index in [1.54, 1.807) is 6.92 Å². The highest BCUT2D eigenvalue weighted by atomic mass is 16.5. The van der Waals surface area contributed by atoms with Gasteiger partial charge in [-0.3, -0.25) is 0 Å². The molecule has 2 N–H and O–H groups in total. The van der Waals surface area contributed by atoms with Gasteiger partial charge in [0.15, 0.2) is 0 Å². The Labute approximate surface area is 85.6 Å². The van der Waals surface area contributed by atoms with Gasteiger partial charge in [-0.05, 0) is 26.2 Å². The molecule has 80 valence electrons. The first-order valence-corrected chi connectivity index (χ1v) is 4.85. The van der Waals surface area contributed by atoms with Crippen LogP contribution in [0.5, 0.6) is 0 Å². The lowest BCUT2D eigenvalue weighted by molar-refractivity contribution is -0.137. The van der Waals surface area contributed by atoms with Gasteiger partial charge in [-0.2, -0.15) is 0 Å². The van der Waals surface area contributed by atoms with Gasteiger partial charge in [-0.1, -0.05) is 19.1 Å². The van der Waals surface area contributed by atoms with Crippen LogP contribution in [0, 0.1) is 5.92 Å². The molecule has 0 aliphatic carbocycles. The minimum atomic E-state index is -0.363. The van der Waals surface area contributed by atoms with Gasteiger partial charge in [0.05, 0.1) is 6.61 Å². The summed E-state index contributed by atoms with van der Waals surface area (Å²) in [6.07, 6.45) is 6.06.